The van der Waals surface area contributed by atoms with Gasteiger partial charge in [0.15, 0.2) is 0 Å². The van der Waals surface area contributed by atoms with Crippen LogP contribution in [-0.4, -0.2) is 33.7 Å². The van der Waals surface area contributed by atoms with Crippen LogP contribution in [0.2, 0.25) is 0 Å². The van der Waals surface area contributed by atoms with Gasteiger partial charge in [0, 0.05) is 12.2 Å². The van der Waals surface area contributed by atoms with Crippen molar-refractivity contribution >= 4 is 27.3 Å². The normalized spacial score (nSPS) is 11.2. The molecule has 0 saturated carbocycles. The second-order valence-corrected chi connectivity index (χ2v) is 8.00. The molecule has 0 N–H and O–H groups in total. The summed E-state index contributed by atoms with van der Waals surface area (Å²) in [5.74, 6) is -0.265. The number of carbonyl (C=O) groups is 1. The number of carbonyl (C=O) groups excluding carboxylic acids is 1. The second-order valence-electron chi connectivity index (χ2n) is 6.09. The Morgan fingerprint density at radius 1 is 0.960 bits per heavy atom. The maximum Gasteiger partial charge on any atom is 0.247 e. The molecule has 0 fully saturated rings. The topological polar surface area (TPSA) is 57.7 Å². The minimum atomic E-state index is -3.58. The molecule has 0 aromatic heterocycles. The van der Waals surface area contributed by atoms with E-state index in [9.17, 15) is 13.2 Å². The maximum absolute atomic E-state index is 12.8. The molecule has 134 valence electrons. The van der Waals surface area contributed by atoms with Crippen molar-refractivity contribution in [3.8, 4) is 0 Å². The van der Waals surface area contributed by atoms with Crippen LogP contribution in [0.5, 0.6) is 0 Å². The number of sulfonamides is 1. The van der Waals surface area contributed by atoms with E-state index in [4.69, 9.17) is 0 Å². The quantitative estimate of drug-likeness (QED) is 0.795. The Bertz CT molecular complexity index is 828. The Labute approximate surface area is 149 Å². The Morgan fingerprint density at radius 2 is 1.52 bits per heavy atom. The summed E-state index contributed by atoms with van der Waals surface area (Å²) in [5.41, 5.74) is 3.17. The Morgan fingerprint density at radius 3 is 2.00 bits per heavy atom. The zero-order valence-corrected chi connectivity index (χ0v) is 15.9. The summed E-state index contributed by atoms with van der Waals surface area (Å²) in [7, 11) is -3.58. The standard InChI is InChI=1S/C19H24N2O3S/c1-5-20(17-9-7-6-8-10-17)19(22)14-21(25(4,23)24)18-12-15(2)11-16(3)13-18/h6-13H,5,14H2,1-4H3. The minimum Gasteiger partial charge on any atom is -0.311 e. The van der Waals surface area contributed by atoms with Gasteiger partial charge in [-0.2, -0.15) is 0 Å². The van der Waals surface area contributed by atoms with Gasteiger partial charge >= 0.3 is 0 Å². The molecule has 2 aromatic rings. The van der Waals surface area contributed by atoms with Gasteiger partial charge in [-0.05, 0) is 56.2 Å². The maximum atomic E-state index is 12.8. The van der Waals surface area contributed by atoms with Crippen molar-refractivity contribution in [2.75, 3.05) is 28.6 Å². The fourth-order valence-electron chi connectivity index (χ4n) is 2.81. The molecule has 5 nitrogen and oxygen atoms in total. The monoisotopic (exact) mass is 360 g/mol. The van der Waals surface area contributed by atoms with E-state index in [1.165, 1.54) is 4.31 Å². The summed E-state index contributed by atoms with van der Waals surface area (Å²) >= 11 is 0. The summed E-state index contributed by atoms with van der Waals surface area (Å²) in [5, 5.41) is 0. The number of anilines is 2. The van der Waals surface area contributed by atoms with Crippen molar-refractivity contribution in [1.82, 2.24) is 0 Å². The molecule has 0 saturated heterocycles. The van der Waals surface area contributed by atoms with Crippen LogP contribution < -0.4 is 9.21 Å². The van der Waals surface area contributed by atoms with Crippen molar-refractivity contribution < 1.29 is 13.2 Å². The third-order valence-electron chi connectivity index (χ3n) is 3.86. The molecule has 25 heavy (non-hydrogen) atoms. The largest absolute Gasteiger partial charge is 0.311 e. The molecule has 0 atom stereocenters. The van der Waals surface area contributed by atoms with Gasteiger partial charge in [0.1, 0.15) is 6.54 Å². The number of benzene rings is 2. The Kier molecular flexibility index (Phi) is 5.85. The van der Waals surface area contributed by atoms with E-state index in [-0.39, 0.29) is 12.5 Å². The minimum absolute atomic E-state index is 0.232. The van der Waals surface area contributed by atoms with Crippen LogP contribution in [0.3, 0.4) is 0 Å². The van der Waals surface area contributed by atoms with Crippen LogP contribution >= 0.6 is 0 Å². The molecule has 0 unspecified atom stereocenters. The second kappa shape index (κ2) is 7.70. The van der Waals surface area contributed by atoms with Crippen LogP contribution in [0.15, 0.2) is 48.5 Å². The number of likely N-dealkylation sites (N-methyl/N-ethyl adjacent to an activating group) is 1. The van der Waals surface area contributed by atoms with E-state index in [0.29, 0.717) is 12.2 Å². The summed E-state index contributed by atoms with van der Waals surface area (Å²) in [4.78, 5) is 14.4. The van der Waals surface area contributed by atoms with Crippen LogP contribution in [-0.2, 0) is 14.8 Å². The van der Waals surface area contributed by atoms with Gasteiger partial charge < -0.3 is 4.90 Å². The van der Waals surface area contributed by atoms with Crippen molar-refractivity contribution in [3.05, 3.63) is 59.7 Å². The van der Waals surface area contributed by atoms with E-state index in [1.807, 2.05) is 57.2 Å². The predicted molar refractivity (Wildman–Crippen MR) is 103 cm³/mol. The SMILES string of the molecule is CCN(C(=O)CN(c1cc(C)cc(C)c1)S(C)(=O)=O)c1ccccc1. The third-order valence-corrected chi connectivity index (χ3v) is 5.00. The first-order valence-corrected chi connectivity index (χ1v) is 9.98. The first-order chi connectivity index (χ1) is 11.7. The van der Waals surface area contributed by atoms with Crippen LogP contribution in [0.1, 0.15) is 18.1 Å². The molecule has 0 aliphatic rings. The highest BCUT2D eigenvalue weighted by molar-refractivity contribution is 7.92. The smallest absolute Gasteiger partial charge is 0.247 e. The highest BCUT2D eigenvalue weighted by Gasteiger charge is 2.24. The van der Waals surface area contributed by atoms with E-state index in [1.54, 1.807) is 17.0 Å². The highest BCUT2D eigenvalue weighted by atomic mass is 32.2. The fraction of sp³-hybridized carbons (Fsp3) is 0.316. The van der Waals surface area contributed by atoms with Gasteiger partial charge in [-0.25, -0.2) is 8.42 Å². The number of hydrogen-bond donors (Lipinski definition) is 0. The zero-order valence-electron chi connectivity index (χ0n) is 15.1. The Hall–Kier alpha value is -2.34. The predicted octanol–water partition coefficient (Wildman–Crippen LogP) is 3.12. The fourth-order valence-corrected chi connectivity index (χ4v) is 3.65. The average molecular weight is 360 g/mol. The lowest BCUT2D eigenvalue weighted by atomic mass is 10.1. The molecule has 0 spiro atoms. The lowest BCUT2D eigenvalue weighted by Gasteiger charge is -2.27. The summed E-state index contributed by atoms with van der Waals surface area (Å²) in [6, 6.07) is 14.8. The molecule has 0 heterocycles. The molecular formula is C19H24N2O3S. The van der Waals surface area contributed by atoms with E-state index < -0.39 is 10.0 Å². The van der Waals surface area contributed by atoms with Crippen molar-refractivity contribution in [2.24, 2.45) is 0 Å². The van der Waals surface area contributed by atoms with E-state index in [2.05, 4.69) is 0 Å². The lowest BCUT2D eigenvalue weighted by Crippen LogP contribution is -2.43. The van der Waals surface area contributed by atoms with Gasteiger partial charge in [-0.15, -0.1) is 0 Å². The number of nitrogens with zero attached hydrogens (tertiary/aromatic N) is 2. The highest BCUT2D eigenvalue weighted by Crippen LogP contribution is 2.22. The molecule has 2 aromatic carbocycles. The Balaban J connectivity index is 2.35. The molecule has 0 aliphatic heterocycles. The number of hydrogen-bond acceptors (Lipinski definition) is 3. The molecule has 0 radical (unpaired) electrons. The molecule has 1 amide bonds. The summed E-state index contributed by atoms with van der Waals surface area (Å²) in [6.07, 6.45) is 1.12. The first-order valence-electron chi connectivity index (χ1n) is 8.13. The lowest BCUT2D eigenvalue weighted by molar-refractivity contribution is -0.117. The number of rotatable bonds is 6. The van der Waals surface area contributed by atoms with Gasteiger partial charge in [0.05, 0.1) is 11.9 Å². The molecule has 6 heteroatoms. The first kappa shape index (κ1) is 19.0. The zero-order chi connectivity index (χ0) is 18.6. The molecule has 0 aliphatic carbocycles. The van der Waals surface area contributed by atoms with E-state index >= 15 is 0 Å². The third kappa shape index (κ3) is 4.82. The number of amides is 1. The average Bonchev–Trinajstić information content (AvgIpc) is 2.52. The van der Waals surface area contributed by atoms with Gasteiger partial charge in [-0.1, -0.05) is 24.3 Å². The number of aryl methyl sites for hydroxylation is 2. The molecule has 0 bridgehead atoms. The van der Waals surface area contributed by atoms with Crippen molar-refractivity contribution in [1.29, 1.82) is 0 Å². The molecular weight excluding hydrogens is 336 g/mol. The van der Waals surface area contributed by atoms with E-state index in [0.717, 1.165) is 23.1 Å². The van der Waals surface area contributed by atoms with Crippen LogP contribution in [0, 0.1) is 13.8 Å². The van der Waals surface area contributed by atoms with Crippen molar-refractivity contribution in [3.63, 3.8) is 0 Å². The molecule has 2 rings (SSSR count). The summed E-state index contributed by atoms with van der Waals surface area (Å²) < 4.78 is 25.8. The van der Waals surface area contributed by atoms with Gasteiger partial charge in [0.25, 0.3) is 0 Å². The summed E-state index contributed by atoms with van der Waals surface area (Å²) in [6.45, 7) is 5.91. The number of para-hydroxylation sites is 1. The van der Waals surface area contributed by atoms with Gasteiger partial charge in [-0.3, -0.25) is 9.10 Å². The van der Waals surface area contributed by atoms with Gasteiger partial charge in [0.2, 0.25) is 15.9 Å². The van der Waals surface area contributed by atoms with Crippen LogP contribution in [0.4, 0.5) is 11.4 Å². The van der Waals surface area contributed by atoms with Crippen molar-refractivity contribution in [2.45, 2.75) is 20.8 Å². The van der Waals surface area contributed by atoms with Crippen LogP contribution in [0.25, 0.3) is 0 Å².